The topological polar surface area (TPSA) is 71.8 Å². The molecule has 9 heteroatoms. The average molecular weight is 429 g/mol. The maximum atomic E-state index is 12.7. The summed E-state index contributed by atoms with van der Waals surface area (Å²) in [5.74, 6) is 0.0537. The van der Waals surface area contributed by atoms with Crippen LogP contribution in [-0.2, 0) is 19.0 Å². The second kappa shape index (κ2) is 8.41. The van der Waals surface area contributed by atoms with E-state index in [1.54, 1.807) is 0 Å². The van der Waals surface area contributed by atoms with E-state index in [1.807, 2.05) is 35.9 Å². The summed E-state index contributed by atoms with van der Waals surface area (Å²) in [5.41, 5.74) is 3.76. The second-order valence-corrected chi connectivity index (χ2v) is 7.49. The molecular formula is C22H22F3N5O. The van der Waals surface area contributed by atoms with Gasteiger partial charge in [-0.05, 0) is 50.5 Å². The molecule has 0 radical (unpaired) electrons. The first-order chi connectivity index (χ1) is 14.8. The molecule has 31 heavy (non-hydrogen) atoms. The molecule has 0 aliphatic heterocycles. The molecule has 4 rings (SSSR count). The molecule has 0 saturated carbocycles. The fourth-order valence-corrected chi connectivity index (χ4v) is 3.64. The highest BCUT2D eigenvalue weighted by Crippen LogP contribution is 2.29. The Morgan fingerprint density at radius 2 is 1.87 bits per heavy atom. The van der Waals surface area contributed by atoms with Crippen molar-refractivity contribution in [2.45, 2.75) is 32.4 Å². The first-order valence-electron chi connectivity index (χ1n) is 10.1. The van der Waals surface area contributed by atoms with Crippen LogP contribution in [0.1, 0.15) is 39.3 Å². The molecule has 6 nitrogen and oxygen atoms in total. The summed E-state index contributed by atoms with van der Waals surface area (Å²) in [5, 5.41) is 10.3. The van der Waals surface area contributed by atoms with Gasteiger partial charge in [0.2, 0.25) is 0 Å². The molecule has 1 amide bonds. The van der Waals surface area contributed by atoms with E-state index in [-0.39, 0.29) is 12.5 Å². The van der Waals surface area contributed by atoms with Crippen molar-refractivity contribution in [3.8, 4) is 5.69 Å². The Morgan fingerprint density at radius 3 is 2.55 bits per heavy atom. The highest BCUT2D eigenvalue weighted by Gasteiger charge is 2.30. The Bertz CT molecular complexity index is 1070. The van der Waals surface area contributed by atoms with E-state index in [2.05, 4.69) is 20.7 Å². The van der Waals surface area contributed by atoms with Crippen LogP contribution in [0, 0.1) is 6.92 Å². The number of aromatic nitrogens is 3. The fourth-order valence-electron chi connectivity index (χ4n) is 3.64. The standard InChI is InChI=1S/C22H22F3N5O/c1-14-5-8-16(9-6-14)30-18-4-2-3-17(18)20(29-30)21(31)27-12-11-26-19-10-7-15(13-28-19)22(23,24)25/h5-10,13H,2-4,11-12H2,1H3,(H,26,28)(H,27,31). The van der Waals surface area contributed by atoms with Crippen molar-refractivity contribution in [1.29, 1.82) is 0 Å². The summed E-state index contributed by atoms with van der Waals surface area (Å²) in [6.45, 7) is 2.63. The molecule has 0 saturated heterocycles. The molecule has 2 N–H and O–H groups in total. The molecule has 1 aromatic carbocycles. The van der Waals surface area contributed by atoms with Crippen LogP contribution in [0.5, 0.6) is 0 Å². The van der Waals surface area contributed by atoms with E-state index < -0.39 is 11.7 Å². The van der Waals surface area contributed by atoms with Gasteiger partial charge in [0, 0.05) is 30.5 Å². The van der Waals surface area contributed by atoms with Crippen LogP contribution in [0.4, 0.5) is 19.0 Å². The van der Waals surface area contributed by atoms with E-state index in [0.717, 1.165) is 54.0 Å². The number of hydrogen-bond acceptors (Lipinski definition) is 4. The minimum atomic E-state index is -4.41. The lowest BCUT2D eigenvalue weighted by atomic mass is 10.2. The third kappa shape index (κ3) is 4.55. The van der Waals surface area contributed by atoms with Crippen LogP contribution in [0.2, 0.25) is 0 Å². The van der Waals surface area contributed by atoms with Crippen LogP contribution in [0.3, 0.4) is 0 Å². The van der Waals surface area contributed by atoms with E-state index in [0.29, 0.717) is 18.1 Å². The van der Waals surface area contributed by atoms with Gasteiger partial charge >= 0.3 is 6.18 Å². The number of carbonyl (C=O) groups is 1. The molecule has 0 bridgehead atoms. The zero-order valence-corrected chi connectivity index (χ0v) is 17.0. The Morgan fingerprint density at radius 1 is 1.10 bits per heavy atom. The summed E-state index contributed by atoms with van der Waals surface area (Å²) in [6, 6.07) is 10.2. The number of aryl methyl sites for hydroxylation is 1. The lowest BCUT2D eigenvalue weighted by Crippen LogP contribution is -2.30. The van der Waals surface area contributed by atoms with Gasteiger partial charge in [-0.1, -0.05) is 17.7 Å². The van der Waals surface area contributed by atoms with Gasteiger partial charge in [0.05, 0.1) is 11.3 Å². The maximum Gasteiger partial charge on any atom is 0.417 e. The quantitative estimate of drug-likeness (QED) is 0.583. The van der Waals surface area contributed by atoms with Crippen LogP contribution < -0.4 is 10.6 Å². The Kier molecular flexibility index (Phi) is 5.67. The third-order valence-electron chi connectivity index (χ3n) is 5.23. The molecule has 1 aliphatic carbocycles. The molecule has 0 fully saturated rings. The smallest absolute Gasteiger partial charge is 0.368 e. The number of nitrogens with one attached hydrogen (secondary N) is 2. The van der Waals surface area contributed by atoms with Crippen molar-refractivity contribution in [3.05, 3.63) is 70.7 Å². The van der Waals surface area contributed by atoms with Gasteiger partial charge in [0.25, 0.3) is 5.91 Å². The number of carbonyl (C=O) groups excluding carboxylic acids is 1. The van der Waals surface area contributed by atoms with Gasteiger partial charge in [0.1, 0.15) is 5.82 Å². The molecule has 0 atom stereocenters. The number of alkyl halides is 3. The number of halogens is 3. The maximum absolute atomic E-state index is 12.7. The van der Waals surface area contributed by atoms with E-state index in [4.69, 9.17) is 0 Å². The van der Waals surface area contributed by atoms with Crippen molar-refractivity contribution in [2.75, 3.05) is 18.4 Å². The lowest BCUT2D eigenvalue weighted by molar-refractivity contribution is -0.137. The van der Waals surface area contributed by atoms with Crippen molar-refractivity contribution >= 4 is 11.7 Å². The zero-order chi connectivity index (χ0) is 22.0. The summed E-state index contributed by atoms with van der Waals surface area (Å²) >= 11 is 0. The number of fused-ring (bicyclic) bond motifs is 1. The highest BCUT2D eigenvalue weighted by atomic mass is 19.4. The van der Waals surface area contributed by atoms with Crippen molar-refractivity contribution in [1.82, 2.24) is 20.1 Å². The number of rotatable bonds is 6. The molecule has 0 spiro atoms. The van der Waals surface area contributed by atoms with E-state index in [9.17, 15) is 18.0 Å². The molecule has 2 heterocycles. The Hall–Kier alpha value is -3.36. The van der Waals surface area contributed by atoms with Gasteiger partial charge in [0.15, 0.2) is 5.69 Å². The molecular weight excluding hydrogens is 407 g/mol. The number of hydrogen-bond donors (Lipinski definition) is 2. The summed E-state index contributed by atoms with van der Waals surface area (Å²) in [6.07, 6.45) is -0.952. The first-order valence-corrected chi connectivity index (χ1v) is 10.1. The SMILES string of the molecule is Cc1ccc(-n2nc(C(=O)NCCNc3ccc(C(F)(F)F)cn3)c3c2CCC3)cc1. The number of benzene rings is 1. The van der Waals surface area contributed by atoms with Crippen molar-refractivity contribution in [2.24, 2.45) is 0 Å². The van der Waals surface area contributed by atoms with Crippen LogP contribution >= 0.6 is 0 Å². The second-order valence-electron chi connectivity index (χ2n) is 7.49. The predicted molar refractivity (Wildman–Crippen MR) is 110 cm³/mol. The number of pyridine rings is 1. The highest BCUT2D eigenvalue weighted by molar-refractivity contribution is 5.94. The normalized spacial score (nSPS) is 13.2. The molecule has 3 aromatic rings. The monoisotopic (exact) mass is 429 g/mol. The summed E-state index contributed by atoms with van der Waals surface area (Å²) in [7, 11) is 0. The van der Waals surface area contributed by atoms with Gasteiger partial charge in [-0.3, -0.25) is 4.79 Å². The molecule has 1 aliphatic rings. The van der Waals surface area contributed by atoms with Crippen molar-refractivity contribution in [3.63, 3.8) is 0 Å². The van der Waals surface area contributed by atoms with Crippen LogP contribution in [-0.4, -0.2) is 33.8 Å². The minimum absolute atomic E-state index is 0.258. The zero-order valence-electron chi connectivity index (χ0n) is 17.0. The van der Waals surface area contributed by atoms with Gasteiger partial charge < -0.3 is 10.6 Å². The molecule has 2 aromatic heterocycles. The third-order valence-corrected chi connectivity index (χ3v) is 5.23. The largest absolute Gasteiger partial charge is 0.417 e. The number of amides is 1. The fraction of sp³-hybridized carbons (Fsp3) is 0.318. The average Bonchev–Trinajstić information content (AvgIpc) is 3.34. The van der Waals surface area contributed by atoms with Gasteiger partial charge in [-0.15, -0.1) is 0 Å². The number of anilines is 1. The van der Waals surface area contributed by atoms with Crippen LogP contribution in [0.15, 0.2) is 42.6 Å². The van der Waals surface area contributed by atoms with Crippen molar-refractivity contribution < 1.29 is 18.0 Å². The van der Waals surface area contributed by atoms with E-state index >= 15 is 0 Å². The minimum Gasteiger partial charge on any atom is -0.368 e. The lowest BCUT2D eigenvalue weighted by Gasteiger charge is -2.09. The van der Waals surface area contributed by atoms with Gasteiger partial charge in [-0.2, -0.15) is 18.3 Å². The summed E-state index contributed by atoms with van der Waals surface area (Å²) in [4.78, 5) is 16.5. The summed E-state index contributed by atoms with van der Waals surface area (Å²) < 4.78 is 39.6. The predicted octanol–water partition coefficient (Wildman–Crippen LogP) is 3.93. The van der Waals surface area contributed by atoms with E-state index in [1.165, 1.54) is 6.07 Å². The number of nitrogens with zero attached hydrogens (tertiary/aromatic N) is 3. The molecule has 0 unspecified atom stereocenters. The molecule has 162 valence electrons. The van der Waals surface area contributed by atoms with Crippen LogP contribution in [0.25, 0.3) is 5.69 Å². The van der Waals surface area contributed by atoms with Gasteiger partial charge in [-0.25, -0.2) is 9.67 Å². The Balaban J connectivity index is 1.37. The Labute approximate surface area is 177 Å². The first kappa shape index (κ1) is 20.9.